The van der Waals surface area contributed by atoms with Crippen LogP contribution in [0.4, 0.5) is 0 Å². The van der Waals surface area contributed by atoms with Crippen LogP contribution in [0.25, 0.3) is 0 Å². The van der Waals surface area contributed by atoms with Gasteiger partial charge in [-0.3, -0.25) is 22.6 Å². The first-order valence-corrected chi connectivity index (χ1v) is 46.6. The average Bonchev–Trinajstić information content (AvgIpc) is 1.82. The number of esters is 2. The van der Waals surface area contributed by atoms with Crippen molar-refractivity contribution in [2.24, 2.45) is 5.73 Å². The number of hydrogen-bond donors (Lipinski definition) is 4. The summed E-state index contributed by atoms with van der Waals surface area (Å²) in [6.07, 6.45) is 7.45. The third-order valence-corrected chi connectivity index (χ3v) is 30.5. The number of aliphatic hydroxyl groups excluding tert-OH is 1. The van der Waals surface area contributed by atoms with E-state index < -0.39 is 77.5 Å². The van der Waals surface area contributed by atoms with Crippen LogP contribution < -0.4 is 41.2 Å². The molecule has 5 N–H and O–H groups in total. The zero-order valence-electron chi connectivity index (χ0n) is 69.5. The van der Waals surface area contributed by atoms with Crippen molar-refractivity contribution in [2.45, 2.75) is 94.9 Å². The highest BCUT2D eigenvalue weighted by atomic mass is 35.5. The lowest BCUT2D eigenvalue weighted by atomic mass is 10.3. The van der Waals surface area contributed by atoms with Gasteiger partial charge in [0, 0.05) is 183 Å². The quantitative estimate of drug-likeness (QED) is 0.00933. The molecule has 1 aliphatic heterocycles. The molecule has 2 atom stereocenters. The lowest BCUT2D eigenvalue weighted by Crippen LogP contribution is -3.00. The van der Waals surface area contributed by atoms with Crippen LogP contribution in [0, 0.1) is 0 Å². The summed E-state index contributed by atoms with van der Waals surface area (Å²) in [5.74, 6) is -0.506. The van der Waals surface area contributed by atoms with E-state index in [0.717, 1.165) is 104 Å². The molecule has 0 aromatic rings. The number of halogens is 2. The Labute approximate surface area is 661 Å². The highest BCUT2D eigenvalue weighted by Gasteiger charge is 2.40. The third kappa shape index (κ3) is 80.6. The Hall–Kier alpha value is -1.40. The van der Waals surface area contributed by atoms with Gasteiger partial charge < -0.3 is 159 Å². The summed E-state index contributed by atoms with van der Waals surface area (Å²) in [7, 11) is 24.7. The molecule has 0 saturated carbocycles. The van der Waals surface area contributed by atoms with Crippen molar-refractivity contribution in [3.8, 4) is 0 Å². The van der Waals surface area contributed by atoms with Crippen molar-refractivity contribution in [2.75, 3.05) is 262 Å². The number of quaternary nitrogens is 2. The second kappa shape index (κ2) is 86.0. The number of rotatable bonds is 52. The van der Waals surface area contributed by atoms with Crippen molar-refractivity contribution in [3.63, 3.8) is 0 Å². The zero-order valence-corrected chi connectivity index (χ0v) is 79.0. The molecular formula is C61H145Cl2N5O30Si8. The first-order valence-electron chi connectivity index (χ1n) is 33.4. The molecule has 0 aromatic heterocycles. The van der Waals surface area contributed by atoms with Gasteiger partial charge in [-0.1, -0.05) is 39.5 Å². The molecule has 0 amide bonds. The van der Waals surface area contributed by atoms with E-state index in [2.05, 4.69) is 51.5 Å². The standard InChI is InChI=1S/C14H33N2O5Si.C12H27NO5Si.C8H16NO2.C6H17NO3Si.C6H10O2.3C5H14O3Si.2ClH.2O2Si/c1-16(2,3)11-12-21-14(17)8-10-15-9-7-13-22(18-4,19-5)20-6;1-5-8-18-11-12(14)10-13-7-6-9-19(15-2,16-3)17-4;1-5-8(10)11-7-6-9(2,3)4;1-8-11(9-2,10-3)6-4-5-7;1-2-3-7-4-6-5-8-6;3*1-5-9(6-2,7-3)8-4;;;2*1-3-2/h15H,7-13H2,1-6H3;5,12-14H,1,6-11H2,2-4H3;5H,1,6-7H2,2-4H3;4-7H2,1-3H3;2,6H,1,3-5H2;3*5H2,1-4H3;2*1H;;/q+1;;+1;;;;;;;;;/p-2. The summed E-state index contributed by atoms with van der Waals surface area (Å²) in [6, 6.07) is 4.72. The molecule has 0 aliphatic carbocycles. The maximum Gasteiger partial charge on any atom is 0.549 e. The molecule has 45 heteroatoms. The number of nitrogens with zero attached hydrogens (tertiary/aromatic N) is 2. The number of epoxide rings is 1. The molecule has 640 valence electrons. The van der Waals surface area contributed by atoms with E-state index >= 15 is 0 Å². The van der Waals surface area contributed by atoms with Crippen LogP contribution in [0.5, 0.6) is 0 Å². The molecule has 1 rings (SSSR count). The number of likely N-dealkylation sites (N-methyl/N-ethyl adjacent to an activating group) is 2. The lowest BCUT2D eigenvalue weighted by molar-refractivity contribution is -0.870. The van der Waals surface area contributed by atoms with Crippen LogP contribution >= 0.6 is 0 Å². The summed E-state index contributed by atoms with van der Waals surface area (Å²) >= 11 is 0. The van der Waals surface area contributed by atoms with Crippen molar-refractivity contribution in [1.82, 2.24) is 10.6 Å². The monoisotopic (exact) mass is 1720 g/mol. The Morgan fingerprint density at radius 2 is 0.792 bits per heavy atom. The van der Waals surface area contributed by atoms with Crippen molar-refractivity contribution >= 4 is 83.4 Å². The summed E-state index contributed by atoms with van der Waals surface area (Å²) in [4.78, 5) is 22.1. The molecule has 1 fully saturated rings. The van der Waals surface area contributed by atoms with Crippen molar-refractivity contribution < 1.29 is 170 Å². The van der Waals surface area contributed by atoms with Crippen LogP contribution in [0.3, 0.4) is 0 Å². The minimum atomic E-state index is -2.47. The maximum absolute atomic E-state index is 11.5. The average molecular weight is 1720 g/mol. The number of aliphatic hydroxyl groups is 1. The van der Waals surface area contributed by atoms with Crippen LogP contribution in [-0.2, 0) is 131 Å². The van der Waals surface area contributed by atoms with Gasteiger partial charge in [-0.15, -0.1) is 13.2 Å². The Bertz CT molecular complexity index is 1860. The molecule has 106 heavy (non-hydrogen) atoms. The summed E-state index contributed by atoms with van der Waals surface area (Å²) in [6.45, 7) is 25.2. The normalized spacial score (nSPS) is 12.5. The predicted octanol–water partition coefficient (Wildman–Crippen LogP) is -2.46. The fourth-order valence-electron chi connectivity index (χ4n) is 7.26. The molecule has 0 radical (unpaired) electrons. The molecule has 1 heterocycles. The van der Waals surface area contributed by atoms with E-state index in [1.807, 2.05) is 41.9 Å². The maximum atomic E-state index is 11.5. The van der Waals surface area contributed by atoms with E-state index in [1.165, 1.54) is 6.08 Å². The second-order valence-corrected chi connectivity index (χ2v) is 42.2. The topological polar surface area (TPSA) is 388 Å². The number of hydrogen-bond acceptors (Lipinski definition) is 33. The summed E-state index contributed by atoms with van der Waals surface area (Å²) in [5.41, 5.74) is 5.36. The Balaban J connectivity index is -0.000000109. The Morgan fingerprint density at radius 1 is 0.500 bits per heavy atom. The Kier molecular flexibility index (Phi) is 104. The van der Waals surface area contributed by atoms with Crippen LogP contribution in [0.2, 0.25) is 36.3 Å². The molecule has 0 bridgehead atoms. The van der Waals surface area contributed by atoms with Gasteiger partial charge in [0.05, 0.1) is 87.8 Å². The van der Waals surface area contributed by atoms with Gasteiger partial charge in [-0.25, -0.2) is 4.79 Å². The van der Waals surface area contributed by atoms with Gasteiger partial charge in [0.1, 0.15) is 32.4 Å². The summed E-state index contributed by atoms with van der Waals surface area (Å²) in [5, 5.41) is 16.0. The predicted molar refractivity (Wildman–Crippen MR) is 410 cm³/mol. The number of carbonyl (C=O) groups is 2. The van der Waals surface area contributed by atoms with E-state index in [4.69, 9.17) is 127 Å². The lowest BCUT2D eigenvalue weighted by Gasteiger charge is -2.24. The minimum Gasteiger partial charge on any atom is -1.00 e. The van der Waals surface area contributed by atoms with Gasteiger partial charge in [0.15, 0.2) is 0 Å². The van der Waals surface area contributed by atoms with Gasteiger partial charge in [-0.2, -0.15) is 0 Å². The molecule has 35 nitrogen and oxygen atoms in total. The van der Waals surface area contributed by atoms with Crippen molar-refractivity contribution in [1.29, 1.82) is 0 Å². The number of ether oxygens (including phenoxy) is 5. The SMILES string of the molecule is C=CC(=O)OCC[N+](C)(C)C.C=CCOCC(O)CNCCC[Si](OC)(OC)OC.C=CCOCC1CO1.CC[Si](OC)(OC)OC.CC[Si](OC)(OC)OC.CC[Si](OC)(OC)OC.CO[Si](CCCN)(OC)OC.CO[Si](CCCNCCC(=O)OCC[N+](C)(C)C)(OC)OC.O=[Si]=O.O=[Si]=O.[Cl-].[Cl-]. The minimum absolute atomic E-state index is 0. The highest BCUT2D eigenvalue weighted by Crippen LogP contribution is 2.17. The van der Waals surface area contributed by atoms with Gasteiger partial charge in [0.2, 0.25) is 0 Å². The first-order chi connectivity index (χ1) is 49.1. The first kappa shape index (κ1) is 128. The largest absolute Gasteiger partial charge is 1.00 e. The van der Waals surface area contributed by atoms with Crippen LogP contribution in [0.15, 0.2) is 38.0 Å². The number of nitrogens with one attached hydrogen (secondary N) is 2. The third-order valence-electron chi connectivity index (χ3n) is 13.8. The smallest absolute Gasteiger partial charge is 0.549 e. The number of nitrogens with two attached hydrogens (primary N) is 1. The van der Waals surface area contributed by atoms with Gasteiger partial charge >= 0.3 is 83.4 Å². The summed E-state index contributed by atoms with van der Waals surface area (Å²) < 4.78 is 154. The van der Waals surface area contributed by atoms with E-state index in [0.29, 0.717) is 65.2 Å². The fourth-order valence-corrected chi connectivity index (χ4v) is 16.5. The zero-order chi connectivity index (χ0) is 82.5. The molecular weight excluding hydrogens is 1580 g/mol. The second-order valence-electron chi connectivity index (χ2n) is 22.7. The molecule has 1 aliphatic rings. The number of carbonyl (C=O) groups excluding carboxylic acids is 2. The van der Waals surface area contributed by atoms with E-state index in [-0.39, 0.29) is 36.8 Å². The van der Waals surface area contributed by atoms with Gasteiger partial charge in [0.25, 0.3) is 0 Å². The van der Waals surface area contributed by atoms with E-state index in [9.17, 15) is 14.7 Å². The fraction of sp³-hybridized carbons (Fsp3) is 0.869. The van der Waals surface area contributed by atoms with Gasteiger partial charge in [-0.05, 0) is 38.9 Å². The molecule has 1 saturated heterocycles. The van der Waals surface area contributed by atoms with Crippen molar-refractivity contribution in [3.05, 3.63) is 38.0 Å². The molecule has 0 aromatic carbocycles. The van der Waals surface area contributed by atoms with Crippen LogP contribution in [0.1, 0.15) is 46.5 Å². The highest BCUT2D eigenvalue weighted by molar-refractivity contribution is 6.62. The van der Waals surface area contributed by atoms with Crippen LogP contribution in [-0.4, -0.2) is 372 Å². The van der Waals surface area contributed by atoms with E-state index in [1.54, 1.807) is 140 Å². The molecule has 2 unspecified atom stereocenters. The Morgan fingerprint density at radius 3 is 1.05 bits per heavy atom. The molecule has 0 spiro atoms.